The van der Waals surface area contributed by atoms with E-state index in [1.54, 1.807) is 0 Å². The first-order valence-electron chi connectivity index (χ1n) is 7.38. The fraction of sp³-hybridized carbons (Fsp3) is 0.333. The van der Waals surface area contributed by atoms with Gasteiger partial charge in [0.15, 0.2) is 0 Å². The van der Waals surface area contributed by atoms with Gasteiger partial charge in [-0.15, -0.1) is 0 Å². The van der Waals surface area contributed by atoms with E-state index in [0.717, 1.165) is 6.42 Å². The summed E-state index contributed by atoms with van der Waals surface area (Å²) in [7, 11) is 0. The summed E-state index contributed by atoms with van der Waals surface area (Å²) in [6.45, 7) is 0. The minimum Gasteiger partial charge on any atom is -0.381 e. The van der Waals surface area contributed by atoms with Crippen molar-refractivity contribution in [1.82, 2.24) is 0 Å². The smallest absolute Gasteiger partial charge is 0.0378 e. The van der Waals surface area contributed by atoms with E-state index in [2.05, 4.69) is 71.7 Å². The number of hydrogen-bond donors (Lipinski definition) is 1. The number of nitrogens with one attached hydrogen (secondary N) is 1. The lowest BCUT2D eigenvalue weighted by molar-refractivity contribution is 0.684. The molecule has 0 saturated carbocycles. The Balaban J connectivity index is 1.74. The Morgan fingerprint density at radius 1 is 1.00 bits per heavy atom. The maximum Gasteiger partial charge on any atom is 0.0378 e. The van der Waals surface area contributed by atoms with E-state index < -0.39 is 0 Å². The molecule has 2 aromatic rings. The van der Waals surface area contributed by atoms with Gasteiger partial charge >= 0.3 is 0 Å². The van der Waals surface area contributed by atoms with Crippen LogP contribution in [-0.4, -0.2) is 17.5 Å². The number of para-hydroxylation sites is 1. The van der Waals surface area contributed by atoms with Crippen LogP contribution >= 0.6 is 11.8 Å². The van der Waals surface area contributed by atoms with Crippen molar-refractivity contribution in [2.75, 3.05) is 16.8 Å². The monoisotopic (exact) mass is 283 g/mol. The van der Waals surface area contributed by atoms with Crippen LogP contribution in [0.5, 0.6) is 0 Å². The molecule has 1 nitrogen and oxygen atoms in total. The van der Waals surface area contributed by atoms with Gasteiger partial charge in [-0.25, -0.2) is 0 Å². The highest BCUT2D eigenvalue weighted by atomic mass is 32.2. The van der Waals surface area contributed by atoms with Gasteiger partial charge < -0.3 is 5.32 Å². The largest absolute Gasteiger partial charge is 0.381 e. The first-order valence-corrected chi connectivity index (χ1v) is 8.53. The van der Waals surface area contributed by atoms with E-state index in [0.29, 0.717) is 6.04 Å². The summed E-state index contributed by atoms with van der Waals surface area (Å²) in [5, 5.41) is 3.75. The second-order valence-corrected chi connectivity index (χ2v) is 6.53. The minimum atomic E-state index is 0.630. The van der Waals surface area contributed by atoms with Crippen LogP contribution in [0.25, 0.3) is 0 Å². The molecule has 1 aliphatic rings. The molecule has 0 radical (unpaired) electrons. The van der Waals surface area contributed by atoms with E-state index in [1.807, 2.05) is 0 Å². The molecule has 104 valence electrons. The van der Waals surface area contributed by atoms with Crippen LogP contribution in [0.3, 0.4) is 0 Å². The topological polar surface area (TPSA) is 12.0 Å². The summed E-state index contributed by atoms with van der Waals surface area (Å²) in [5.74, 6) is 2.56. The molecule has 3 rings (SSSR count). The maximum atomic E-state index is 3.75. The third kappa shape index (κ3) is 3.57. The standard InChI is InChI=1S/C18H21NS/c1-2-7-15(8-3-1)13-16-9-4-5-11-18(16)19-17-10-6-12-20-14-17/h1-5,7-9,11,17,19H,6,10,12-14H2. The second kappa shape index (κ2) is 6.85. The zero-order valence-corrected chi connectivity index (χ0v) is 12.5. The average Bonchev–Trinajstić information content (AvgIpc) is 2.51. The predicted molar refractivity (Wildman–Crippen MR) is 89.7 cm³/mol. The molecule has 1 atom stereocenters. The molecular formula is C18H21NS. The van der Waals surface area contributed by atoms with Crippen molar-refractivity contribution in [3.05, 3.63) is 65.7 Å². The van der Waals surface area contributed by atoms with Gasteiger partial charge in [0.1, 0.15) is 0 Å². The van der Waals surface area contributed by atoms with Crippen molar-refractivity contribution in [3.63, 3.8) is 0 Å². The van der Waals surface area contributed by atoms with Crippen molar-refractivity contribution in [2.24, 2.45) is 0 Å². The van der Waals surface area contributed by atoms with Gasteiger partial charge in [-0.05, 0) is 42.2 Å². The molecule has 2 aromatic carbocycles. The molecule has 1 aliphatic heterocycles. The quantitative estimate of drug-likeness (QED) is 0.881. The predicted octanol–water partition coefficient (Wildman–Crippen LogP) is 4.58. The van der Waals surface area contributed by atoms with E-state index in [4.69, 9.17) is 0 Å². The highest BCUT2D eigenvalue weighted by molar-refractivity contribution is 7.99. The van der Waals surface area contributed by atoms with E-state index in [-0.39, 0.29) is 0 Å². The molecule has 0 amide bonds. The fourth-order valence-electron chi connectivity index (χ4n) is 2.71. The average molecular weight is 283 g/mol. The van der Waals surface area contributed by atoms with Crippen LogP contribution < -0.4 is 5.32 Å². The summed E-state index contributed by atoms with van der Waals surface area (Å²) in [6, 6.07) is 20.1. The highest BCUT2D eigenvalue weighted by Gasteiger charge is 2.14. The lowest BCUT2D eigenvalue weighted by atomic mass is 10.0. The van der Waals surface area contributed by atoms with E-state index in [1.165, 1.54) is 41.2 Å². The third-order valence-electron chi connectivity index (χ3n) is 3.77. The van der Waals surface area contributed by atoms with Crippen LogP contribution in [0.15, 0.2) is 54.6 Å². The summed E-state index contributed by atoms with van der Waals surface area (Å²) in [4.78, 5) is 0. The van der Waals surface area contributed by atoms with Crippen molar-refractivity contribution in [2.45, 2.75) is 25.3 Å². The van der Waals surface area contributed by atoms with Crippen LogP contribution in [0.2, 0.25) is 0 Å². The molecular weight excluding hydrogens is 262 g/mol. The molecule has 0 aromatic heterocycles. The van der Waals surface area contributed by atoms with Gasteiger partial charge in [0, 0.05) is 17.5 Å². The Bertz CT molecular complexity index is 532. The summed E-state index contributed by atoms with van der Waals surface area (Å²) in [6.07, 6.45) is 3.64. The van der Waals surface area contributed by atoms with Crippen molar-refractivity contribution < 1.29 is 0 Å². The molecule has 2 heteroatoms. The van der Waals surface area contributed by atoms with E-state index in [9.17, 15) is 0 Å². The Kier molecular flexibility index (Phi) is 4.65. The van der Waals surface area contributed by atoms with Crippen molar-refractivity contribution >= 4 is 17.4 Å². The first-order chi connectivity index (χ1) is 9.92. The Morgan fingerprint density at radius 2 is 1.80 bits per heavy atom. The van der Waals surface area contributed by atoms with Gasteiger partial charge in [-0.1, -0.05) is 48.5 Å². The fourth-order valence-corrected chi connectivity index (χ4v) is 3.78. The number of thioether (sulfide) groups is 1. The molecule has 0 aliphatic carbocycles. The van der Waals surface area contributed by atoms with Crippen LogP contribution in [0.4, 0.5) is 5.69 Å². The zero-order valence-electron chi connectivity index (χ0n) is 11.7. The number of benzene rings is 2. The molecule has 1 unspecified atom stereocenters. The van der Waals surface area contributed by atoms with Gasteiger partial charge in [-0.3, -0.25) is 0 Å². The molecule has 0 spiro atoms. The number of hydrogen-bond acceptors (Lipinski definition) is 2. The summed E-state index contributed by atoms with van der Waals surface area (Å²) < 4.78 is 0. The van der Waals surface area contributed by atoms with Gasteiger partial charge in [0.25, 0.3) is 0 Å². The van der Waals surface area contributed by atoms with Crippen LogP contribution in [-0.2, 0) is 6.42 Å². The van der Waals surface area contributed by atoms with Crippen LogP contribution in [0, 0.1) is 0 Å². The Morgan fingerprint density at radius 3 is 2.60 bits per heavy atom. The maximum absolute atomic E-state index is 3.75. The molecule has 1 saturated heterocycles. The van der Waals surface area contributed by atoms with E-state index >= 15 is 0 Å². The van der Waals surface area contributed by atoms with Gasteiger partial charge in [-0.2, -0.15) is 11.8 Å². The molecule has 1 heterocycles. The minimum absolute atomic E-state index is 0.630. The number of rotatable bonds is 4. The Labute approximate surface area is 125 Å². The first kappa shape index (κ1) is 13.6. The molecule has 20 heavy (non-hydrogen) atoms. The summed E-state index contributed by atoms with van der Waals surface area (Å²) >= 11 is 2.07. The molecule has 1 N–H and O–H groups in total. The van der Waals surface area contributed by atoms with Gasteiger partial charge in [0.2, 0.25) is 0 Å². The normalized spacial score (nSPS) is 18.7. The SMILES string of the molecule is c1ccc(Cc2ccccc2NC2CCCSC2)cc1. The Hall–Kier alpha value is -1.41. The van der Waals surface area contributed by atoms with Gasteiger partial charge in [0.05, 0.1) is 0 Å². The number of anilines is 1. The highest BCUT2D eigenvalue weighted by Crippen LogP contribution is 2.24. The van der Waals surface area contributed by atoms with Crippen molar-refractivity contribution in [3.8, 4) is 0 Å². The summed E-state index contributed by atoms with van der Waals surface area (Å²) in [5.41, 5.74) is 4.08. The van der Waals surface area contributed by atoms with Crippen molar-refractivity contribution in [1.29, 1.82) is 0 Å². The molecule has 1 fully saturated rings. The molecule has 0 bridgehead atoms. The zero-order chi connectivity index (χ0) is 13.6. The lowest BCUT2D eigenvalue weighted by Gasteiger charge is -2.25. The third-order valence-corrected chi connectivity index (χ3v) is 4.99. The lowest BCUT2D eigenvalue weighted by Crippen LogP contribution is -2.26. The van der Waals surface area contributed by atoms with Crippen LogP contribution in [0.1, 0.15) is 24.0 Å². The second-order valence-electron chi connectivity index (χ2n) is 5.38.